The van der Waals surface area contributed by atoms with Crippen molar-refractivity contribution >= 4 is 40.5 Å². The van der Waals surface area contributed by atoms with Gasteiger partial charge >= 0.3 is 0 Å². The van der Waals surface area contributed by atoms with Crippen molar-refractivity contribution in [3.05, 3.63) is 57.2 Å². The summed E-state index contributed by atoms with van der Waals surface area (Å²) in [6.45, 7) is 4.23. The standard InChI is InChI=1S/C28H34ClN3OS/c1-19-17-21(20(2)31(19)25-15-13-22(29)14-16-25)18-26-27(33)32(24-11-7-4-8-12-24)28(34-26)30-23-9-5-3-6-10-23/h13-18,23-24H,3-12H2,1-2H3. The largest absolute Gasteiger partial charge is 0.318 e. The molecule has 2 saturated carbocycles. The van der Waals surface area contributed by atoms with Gasteiger partial charge in [0.25, 0.3) is 5.91 Å². The third-order valence-corrected chi connectivity index (χ3v) is 8.74. The first-order chi connectivity index (χ1) is 16.5. The number of nitrogens with zero attached hydrogens (tertiary/aromatic N) is 3. The van der Waals surface area contributed by atoms with Crippen LogP contribution >= 0.6 is 23.4 Å². The molecule has 0 radical (unpaired) electrons. The van der Waals surface area contributed by atoms with E-state index in [1.54, 1.807) is 11.8 Å². The molecule has 1 aliphatic heterocycles. The van der Waals surface area contributed by atoms with Crippen LogP contribution in [0.5, 0.6) is 0 Å². The zero-order valence-corrected chi connectivity index (χ0v) is 21.8. The number of aryl methyl sites for hydroxylation is 1. The molecule has 3 fully saturated rings. The lowest BCUT2D eigenvalue weighted by Gasteiger charge is -2.31. The summed E-state index contributed by atoms with van der Waals surface area (Å²) in [4.78, 5) is 21.7. The third kappa shape index (κ3) is 4.87. The first-order valence-electron chi connectivity index (χ1n) is 12.8. The molecule has 0 unspecified atom stereocenters. The van der Waals surface area contributed by atoms with Gasteiger partial charge < -0.3 is 4.57 Å². The molecule has 2 aliphatic carbocycles. The topological polar surface area (TPSA) is 37.6 Å². The molecule has 1 aromatic heterocycles. The van der Waals surface area contributed by atoms with E-state index in [1.807, 2.05) is 24.3 Å². The number of aromatic nitrogens is 1. The molecule has 2 heterocycles. The fourth-order valence-electron chi connectivity index (χ4n) is 5.67. The van der Waals surface area contributed by atoms with Crippen molar-refractivity contribution in [3.63, 3.8) is 0 Å². The van der Waals surface area contributed by atoms with Gasteiger partial charge in [-0.05, 0) is 93.3 Å². The molecule has 6 heteroatoms. The highest BCUT2D eigenvalue weighted by Gasteiger charge is 2.39. The number of aliphatic imine (C=N–C) groups is 1. The summed E-state index contributed by atoms with van der Waals surface area (Å²) in [5.74, 6) is 0.141. The van der Waals surface area contributed by atoms with E-state index < -0.39 is 0 Å². The Morgan fingerprint density at radius 2 is 1.62 bits per heavy atom. The van der Waals surface area contributed by atoms with Gasteiger partial charge in [-0.25, -0.2) is 0 Å². The van der Waals surface area contributed by atoms with Crippen molar-refractivity contribution < 1.29 is 4.79 Å². The van der Waals surface area contributed by atoms with E-state index in [1.165, 1.54) is 38.5 Å². The summed E-state index contributed by atoms with van der Waals surface area (Å²) < 4.78 is 2.22. The highest BCUT2D eigenvalue weighted by Crippen LogP contribution is 2.39. The molecule has 34 heavy (non-hydrogen) atoms. The van der Waals surface area contributed by atoms with Gasteiger partial charge in [0.1, 0.15) is 0 Å². The maximum atomic E-state index is 13.7. The second kappa shape index (κ2) is 10.3. The molecule has 1 amide bonds. The molecular formula is C28H34ClN3OS. The normalized spacial score (nSPS) is 22.9. The minimum absolute atomic E-state index is 0.141. The molecule has 4 nitrogen and oxygen atoms in total. The molecule has 0 atom stereocenters. The van der Waals surface area contributed by atoms with E-state index in [2.05, 4.69) is 35.5 Å². The first kappa shape index (κ1) is 23.7. The van der Waals surface area contributed by atoms with Gasteiger partial charge in [-0.15, -0.1) is 0 Å². The molecule has 5 rings (SSSR count). The van der Waals surface area contributed by atoms with Crippen molar-refractivity contribution in [3.8, 4) is 5.69 Å². The quantitative estimate of drug-likeness (QED) is 0.408. The van der Waals surface area contributed by atoms with E-state index in [4.69, 9.17) is 16.6 Å². The Balaban J connectivity index is 1.48. The molecule has 3 aliphatic rings. The van der Waals surface area contributed by atoms with Gasteiger partial charge in [0.05, 0.1) is 10.9 Å². The third-order valence-electron chi connectivity index (χ3n) is 7.49. The molecule has 1 aromatic carbocycles. The Labute approximate surface area is 212 Å². The van der Waals surface area contributed by atoms with Crippen LogP contribution in [0, 0.1) is 13.8 Å². The van der Waals surface area contributed by atoms with E-state index in [-0.39, 0.29) is 5.91 Å². The molecule has 2 aromatic rings. The number of amidine groups is 1. The molecule has 1 saturated heterocycles. The van der Waals surface area contributed by atoms with Gasteiger partial charge in [0.15, 0.2) is 5.17 Å². The summed E-state index contributed by atoms with van der Waals surface area (Å²) >= 11 is 7.69. The maximum Gasteiger partial charge on any atom is 0.267 e. The van der Waals surface area contributed by atoms with Gasteiger partial charge in [0.2, 0.25) is 0 Å². The van der Waals surface area contributed by atoms with Crippen LogP contribution in [0.2, 0.25) is 5.02 Å². The van der Waals surface area contributed by atoms with Crippen molar-refractivity contribution in [1.82, 2.24) is 9.47 Å². The lowest BCUT2D eigenvalue weighted by molar-refractivity contribution is -0.124. The van der Waals surface area contributed by atoms with Crippen LogP contribution in [0.4, 0.5) is 0 Å². The number of carbonyl (C=O) groups is 1. The minimum Gasteiger partial charge on any atom is -0.318 e. The SMILES string of the molecule is Cc1cc(C=C2SC(=NC3CCCCC3)N(C3CCCCC3)C2=O)c(C)n1-c1ccc(Cl)cc1. The van der Waals surface area contributed by atoms with E-state index in [0.29, 0.717) is 12.1 Å². The summed E-state index contributed by atoms with van der Waals surface area (Å²) in [7, 11) is 0. The Kier molecular flexibility index (Phi) is 7.22. The van der Waals surface area contributed by atoms with Crippen molar-refractivity contribution in [1.29, 1.82) is 0 Å². The number of hydrogen-bond acceptors (Lipinski definition) is 3. The van der Waals surface area contributed by atoms with Crippen molar-refractivity contribution in [2.75, 3.05) is 0 Å². The summed E-state index contributed by atoms with van der Waals surface area (Å²) in [5.41, 5.74) is 4.44. The number of thioether (sulfide) groups is 1. The first-order valence-corrected chi connectivity index (χ1v) is 14.0. The average Bonchev–Trinajstić information content (AvgIpc) is 3.30. The average molecular weight is 496 g/mol. The maximum absolute atomic E-state index is 13.7. The zero-order valence-electron chi connectivity index (χ0n) is 20.2. The summed E-state index contributed by atoms with van der Waals surface area (Å²) in [5, 5.41) is 1.68. The van der Waals surface area contributed by atoms with Gasteiger partial charge in [-0.3, -0.25) is 14.7 Å². The fourth-order valence-corrected chi connectivity index (χ4v) is 6.89. The van der Waals surface area contributed by atoms with Crippen molar-refractivity contribution in [2.24, 2.45) is 4.99 Å². The second-order valence-corrected chi connectivity index (χ2v) is 11.4. The van der Waals surface area contributed by atoms with Crippen LogP contribution in [0.15, 0.2) is 40.2 Å². The number of rotatable bonds is 4. The predicted octanol–water partition coefficient (Wildman–Crippen LogP) is 7.69. The summed E-state index contributed by atoms with van der Waals surface area (Å²) in [6, 6.07) is 10.7. The van der Waals surface area contributed by atoms with Crippen LogP contribution < -0.4 is 0 Å². The van der Waals surface area contributed by atoms with Crippen LogP contribution in [0.3, 0.4) is 0 Å². The van der Waals surface area contributed by atoms with Crippen LogP contribution in [-0.2, 0) is 4.79 Å². The Hall–Kier alpha value is -1.98. The summed E-state index contributed by atoms with van der Waals surface area (Å²) in [6.07, 6.45) is 14.1. The highest BCUT2D eigenvalue weighted by atomic mass is 35.5. The van der Waals surface area contributed by atoms with Crippen molar-refractivity contribution in [2.45, 2.75) is 90.1 Å². The molecule has 180 valence electrons. The lowest BCUT2D eigenvalue weighted by Crippen LogP contribution is -2.41. The highest BCUT2D eigenvalue weighted by molar-refractivity contribution is 8.18. The molecular weight excluding hydrogens is 462 g/mol. The Morgan fingerprint density at radius 1 is 0.971 bits per heavy atom. The van der Waals surface area contributed by atoms with Gasteiger partial charge in [-0.2, -0.15) is 0 Å². The van der Waals surface area contributed by atoms with E-state index in [0.717, 1.165) is 63.4 Å². The smallest absolute Gasteiger partial charge is 0.267 e. The molecule has 0 bridgehead atoms. The second-order valence-electron chi connectivity index (χ2n) is 9.92. The van der Waals surface area contributed by atoms with E-state index in [9.17, 15) is 4.79 Å². The Bertz CT molecular complexity index is 1110. The molecule has 0 spiro atoms. The Morgan fingerprint density at radius 3 is 2.29 bits per heavy atom. The number of hydrogen-bond donors (Lipinski definition) is 0. The molecule has 0 N–H and O–H groups in total. The fraction of sp³-hybridized carbons (Fsp3) is 0.500. The number of carbonyl (C=O) groups excluding carboxylic acids is 1. The van der Waals surface area contributed by atoms with Crippen LogP contribution in [-0.4, -0.2) is 32.6 Å². The number of amides is 1. The lowest BCUT2D eigenvalue weighted by atomic mass is 9.94. The van der Waals surface area contributed by atoms with Crippen LogP contribution in [0.25, 0.3) is 11.8 Å². The monoisotopic (exact) mass is 495 g/mol. The van der Waals surface area contributed by atoms with Crippen LogP contribution in [0.1, 0.15) is 81.2 Å². The number of benzene rings is 1. The number of halogens is 1. The predicted molar refractivity (Wildman–Crippen MR) is 144 cm³/mol. The van der Waals surface area contributed by atoms with Gasteiger partial charge in [-0.1, -0.05) is 50.1 Å². The minimum atomic E-state index is 0.141. The zero-order chi connectivity index (χ0) is 23.7. The van der Waals surface area contributed by atoms with Gasteiger partial charge in [0, 0.05) is 28.1 Å². The van der Waals surface area contributed by atoms with E-state index >= 15 is 0 Å².